The first-order valence-electron chi connectivity index (χ1n) is 4.91. The van der Waals surface area contributed by atoms with E-state index in [-0.39, 0.29) is 12.4 Å². The van der Waals surface area contributed by atoms with Crippen LogP contribution in [0, 0.1) is 6.92 Å². The van der Waals surface area contributed by atoms with Crippen LogP contribution in [0.25, 0.3) is 11.5 Å². The zero-order valence-corrected chi connectivity index (χ0v) is 8.81. The van der Waals surface area contributed by atoms with Crippen molar-refractivity contribution < 1.29 is 8.81 Å². The summed E-state index contributed by atoms with van der Waals surface area (Å²) in [5, 5.41) is 3.91. The second-order valence-electron chi connectivity index (χ2n) is 3.45. The van der Waals surface area contributed by atoms with Gasteiger partial charge in [0.2, 0.25) is 5.89 Å². The van der Waals surface area contributed by atoms with Gasteiger partial charge in [0.15, 0.2) is 0 Å². The van der Waals surface area contributed by atoms with Crippen LogP contribution in [-0.2, 0) is 6.54 Å². The fourth-order valence-electron chi connectivity index (χ4n) is 1.42. The summed E-state index contributed by atoms with van der Waals surface area (Å²) in [6, 6.07) is 7.42. The third-order valence-corrected chi connectivity index (χ3v) is 2.17. The lowest BCUT2D eigenvalue weighted by molar-refractivity contribution is 0.403. The van der Waals surface area contributed by atoms with Crippen molar-refractivity contribution in [1.29, 1.82) is 0 Å². The Kier molecular flexibility index (Phi) is 2.85. The van der Waals surface area contributed by atoms with Gasteiger partial charge in [-0.05, 0) is 19.1 Å². The molecule has 0 saturated carbocycles. The molecule has 1 heterocycles. The zero-order chi connectivity index (χ0) is 11.5. The van der Waals surface area contributed by atoms with Gasteiger partial charge in [-0.1, -0.05) is 17.7 Å². The Bertz CT molecular complexity index is 545. The van der Waals surface area contributed by atoms with E-state index in [9.17, 15) is 9.18 Å². The van der Waals surface area contributed by atoms with Gasteiger partial charge in [0.05, 0.1) is 6.54 Å². The fraction of sp³-hybridized carbons (Fsp3) is 0.273. The van der Waals surface area contributed by atoms with Crippen molar-refractivity contribution in [3.63, 3.8) is 0 Å². The van der Waals surface area contributed by atoms with Crippen molar-refractivity contribution in [2.45, 2.75) is 13.5 Å². The van der Waals surface area contributed by atoms with Gasteiger partial charge < -0.3 is 4.42 Å². The number of hydrogen-bond donors (Lipinski definition) is 0. The average molecular weight is 222 g/mol. The van der Waals surface area contributed by atoms with Crippen LogP contribution in [0.15, 0.2) is 33.5 Å². The van der Waals surface area contributed by atoms with Crippen LogP contribution in [0.1, 0.15) is 5.56 Å². The molecule has 0 amide bonds. The van der Waals surface area contributed by atoms with Crippen LogP contribution in [0.4, 0.5) is 4.39 Å². The minimum Gasteiger partial charge on any atom is -0.388 e. The summed E-state index contributed by atoms with van der Waals surface area (Å²) >= 11 is 0. The molecular weight excluding hydrogens is 211 g/mol. The molecule has 0 aliphatic rings. The number of aryl methyl sites for hydroxylation is 2. The molecule has 0 bridgehead atoms. The Morgan fingerprint density at radius 3 is 3.00 bits per heavy atom. The summed E-state index contributed by atoms with van der Waals surface area (Å²) in [6.45, 7) is 1.22. The van der Waals surface area contributed by atoms with E-state index in [0.717, 1.165) is 15.8 Å². The molecule has 1 aromatic carbocycles. The van der Waals surface area contributed by atoms with Crippen molar-refractivity contribution in [3.05, 3.63) is 40.4 Å². The molecule has 2 rings (SSSR count). The molecule has 2 aromatic rings. The number of nitrogens with zero attached hydrogens (tertiary/aromatic N) is 2. The molecule has 0 unspecified atom stereocenters. The van der Waals surface area contributed by atoms with E-state index in [1.807, 2.05) is 25.1 Å². The minimum absolute atomic E-state index is 0.0752. The SMILES string of the molecule is Cc1cccc(-c2nn(CCF)c(=O)o2)c1. The van der Waals surface area contributed by atoms with Crippen LogP contribution in [0.2, 0.25) is 0 Å². The van der Waals surface area contributed by atoms with E-state index < -0.39 is 12.4 Å². The number of alkyl halides is 1. The van der Waals surface area contributed by atoms with Gasteiger partial charge in [0.25, 0.3) is 0 Å². The first kappa shape index (κ1) is 10.6. The third kappa shape index (κ3) is 2.03. The van der Waals surface area contributed by atoms with Crippen molar-refractivity contribution in [2.24, 2.45) is 0 Å². The van der Waals surface area contributed by atoms with E-state index in [2.05, 4.69) is 5.10 Å². The maximum atomic E-state index is 12.1. The molecule has 0 N–H and O–H groups in total. The van der Waals surface area contributed by atoms with Crippen molar-refractivity contribution in [3.8, 4) is 11.5 Å². The van der Waals surface area contributed by atoms with Crippen LogP contribution < -0.4 is 5.76 Å². The summed E-state index contributed by atoms with van der Waals surface area (Å²) in [5.41, 5.74) is 1.76. The largest absolute Gasteiger partial charge is 0.437 e. The van der Waals surface area contributed by atoms with Gasteiger partial charge in [0.1, 0.15) is 6.67 Å². The second kappa shape index (κ2) is 4.30. The predicted octanol–water partition coefficient (Wildman–Crippen LogP) is 1.78. The molecule has 0 fully saturated rings. The molecule has 0 aliphatic carbocycles. The van der Waals surface area contributed by atoms with Gasteiger partial charge in [-0.3, -0.25) is 0 Å². The lowest BCUT2D eigenvalue weighted by Gasteiger charge is -1.95. The zero-order valence-electron chi connectivity index (χ0n) is 8.81. The Balaban J connectivity index is 2.41. The number of benzene rings is 1. The van der Waals surface area contributed by atoms with Gasteiger partial charge in [-0.15, -0.1) is 5.10 Å². The van der Waals surface area contributed by atoms with Crippen molar-refractivity contribution in [2.75, 3.05) is 6.67 Å². The maximum absolute atomic E-state index is 12.1. The predicted molar refractivity (Wildman–Crippen MR) is 56.9 cm³/mol. The number of halogens is 1. The van der Waals surface area contributed by atoms with E-state index in [1.165, 1.54) is 0 Å². The molecule has 16 heavy (non-hydrogen) atoms. The molecule has 0 atom stereocenters. The van der Waals surface area contributed by atoms with Gasteiger partial charge in [-0.25, -0.2) is 9.18 Å². The Labute approximate surface area is 91.3 Å². The Morgan fingerprint density at radius 1 is 1.50 bits per heavy atom. The highest BCUT2D eigenvalue weighted by Gasteiger charge is 2.09. The molecule has 0 radical (unpaired) electrons. The van der Waals surface area contributed by atoms with Crippen LogP contribution in [0.3, 0.4) is 0 Å². The van der Waals surface area contributed by atoms with E-state index in [1.54, 1.807) is 6.07 Å². The molecule has 84 valence electrons. The van der Waals surface area contributed by atoms with E-state index in [0.29, 0.717) is 0 Å². The number of rotatable bonds is 3. The van der Waals surface area contributed by atoms with Crippen LogP contribution >= 0.6 is 0 Å². The first-order valence-corrected chi connectivity index (χ1v) is 4.91. The number of aromatic nitrogens is 2. The normalized spacial score (nSPS) is 10.6. The molecule has 4 nitrogen and oxygen atoms in total. The fourth-order valence-corrected chi connectivity index (χ4v) is 1.42. The Hall–Kier alpha value is -1.91. The Morgan fingerprint density at radius 2 is 2.31 bits per heavy atom. The van der Waals surface area contributed by atoms with Crippen LogP contribution in [-0.4, -0.2) is 16.5 Å². The third-order valence-electron chi connectivity index (χ3n) is 2.17. The molecule has 0 aliphatic heterocycles. The van der Waals surface area contributed by atoms with Crippen molar-refractivity contribution >= 4 is 0 Å². The monoisotopic (exact) mass is 222 g/mol. The summed E-state index contributed by atoms with van der Waals surface area (Å²) in [7, 11) is 0. The standard InChI is InChI=1S/C11H11FN2O2/c1-8-3-2-4-9(7-8)10-13-14(6-5-12)11(15)16-10/h2-4,7H,5-6H2,1H3. The molecule has 5 heteroatoms. The van der Waals surface area contributed by atoms with E-state index in [4.69, 9.17) is 4.42 Å². The summed E-state index contributed by atoms with van der Waals surface area (Å²) in [5.74, 6) is -0.406. The number of hydrogen-bond acceptors (Lipinski definition) is 3. The highest BCUT2D eigenvalue weighted by atomic mass is 19.1. The van der Waals surface area contributed by atoms with Crippen LogP contribution in [0.5, 0.6) is 0 Å². The summed E-state index contributed by atoms with van der Waals surface area (Å²) in [6.07, 6.45) is 0. The molecular formula is C11H11FN2O2. The summed E-state index contributed by atoms with van der Waals surface area (Å²) in [4.78, 5) is 11.3. The highest BCUT2D eigenvalue weighted by molar-refractivity contribution is 5.53. The van der Waals surface area contributed by atoms with Gasteiger partial charge >= 0.3 is 5.76 Å². The highest BCUT2D eigenvalue weighted by Crippen LogP contribution is 2.16. The van der Waals surface area contributed by atoms with Gasteiger partial charge in [0, 0.05) is 5.56 Å². The topological polar surface area (TPSA) is 48.0 Å². The summed E-state index contributed by atoms with van der Waals surface area (Å²) < 4.78 is 18.0. The first-order chi connectivity index (χ1) is 7.70. The van der Waals surface area contributed by atoms with Gasteiger partial charge in [-0.2, -0.15) is 4.68 Å². The molecule has 0 saturated heterocycles. The molecule has 0 spiro atoms. The lowest BCUT2D eigenvalue weighted by Crippen LogP contribution is -2.16. The van der Waals surface area contributed by atoms with E-state index >= 15 is 0 Å². The second-order valence-corrected chi connectivity index (χ2v) is 3.45. The lowest BCUT2D eigenvalue weighted by atomic mass is 10.1. The quantitative estimate of drug-likeness (QED) is 0.795. The molecule has 1 aromatic heterocycles. The van der Waals surface area contributed by atoms with Crippen molar-refractivity contribution in [1.82, 2.24) is 9.78 Å². The average Bonchev–Trinajstić information content (AvgIpc) is 2.61. The minimum atomic E-state index is -0.639. The smallest absolute Gasteiger partial charge is 0.388 e. The maximum Gasteiger partial charge on any atom is 0.437 e.